The standard InChI is InChI=1S/C20H26F3N3O4S/c1-4-16-18(13-6-7-14(15(12-13)28-3)30-20(21,22)23)24-26(19(27)31-16)17(5-2)25-8-10-29-11-9-25/h6-7,12,16-17H,4-5,8-11H2,1-3H3. The summed E-state index contributed by atoms with van der Waals surface area (Å²) in [6, 6.07) is 4.18. The molecule has 1 amide bonds. The lowest BCUT2D eigenvalue weighted by atomic mass is 10.0. The molecule has 0 spiro atoms. The highest BCUT2D eigenvalue weighted by molar-refractivity contribution is 8.14. The maximum absolute atomic E-state index is 12.9. The van der Waals surface area contributed by atoms with Crippen LogP contribution in [-0.4, -0.2) is 72.1 Å². The number of hydrazone groups is 1. The highest BCUT2D eigenvalue weighted by Gasteiger charge is 2.37. The van der Waals surface area contributed by atoms with E-state index in [1.54, 1.807) is 0 Å². The molecule has 7 nitrogen and oxygen atoms in total. The number of hydrogen-bond acceptors (Lipinski definition) is 7. The van der Waals surface area contributed by atoms with Crippen molar-refractivity contribution in [1.82, 2.24) is 9.91 Å². The monoisotopic (exact) mass is 461 g/mol. The van der Waals surface area contributed by atoms with Crippen LogP contribution < -0.4 is 9.47 Å². The van der Waals surface area contributed by atoms with E-state index in [9.17, 15) is 18.0 Å². The second-order valence-corrected chi connectivity index (χ2v) is 8.22. The maximum Gasteiger partial charge on any atom is 0.573 e. The van der Waals surface area contributed by atoms with Gasteiger partial charge in [-0.15, -0.1) is 13.2 Å². The van der Waals surface area contributed by atoms with E-state index < -0.39 is 12.1 Å². The molecule has 1 aromatic rings. The highest BCUT2D eigenvalue weighted by Crippen LogP contribution is 2.36. The van der Waals surface area contributed by atoms with E-state index in [2.05, 4.69) is 14.7 Å². The fourth-order valence-electron chi connectivity index (χ4n) is 3.66. The largest absolute Gasteiger partial charge is 0.573 e. The Morgan fingerprint density at radius 1 is 1.26 bits per heavy atom. The average Bonchev–Trinajstić information content (AvgIpc) is 2.75. The number of carbonyl (C=O) groups is 1. The quantitative estimate of drug-likeness (QED) is 0.603. The van der Waals surface area contributed by atoms with E-state index >= 15 is 0 Å². The summed E-state index contributed by atoms with van der Waals surface area (Å²) >= 11 is 1.18. The zero-order chi connectivity index (χ0) is 22.6. The molecule has 1 fully saturated rings. The molecular weight excluding hydrogens is 435 g/mol. The van der Waals surface area contributed by atoms with Gasteiger partial charge in [0.1, 0.15) is 6.17 Å². The molecule has 0 aliphatic carbocycles. The van der Waals surface area contributed by atoms with E-state index in [1.807, 2.05) is 13.8 Å². The van der Waals surface area contributed by atoms with Gasteiger partial charge in [0.05, 0.1) is 31.3 Å². The molecule has 2 unspecified atom stereocenters. The first-order valence-corrected chi connectivity index (χ1v) is 11.0. The summed E-state index contributed by atoms with van der Waals surface area (Å²) in [7, 11) is 1.28. The summed E-state index contributed by atoms with van der Waals surface area (Å²) in [5, 5.41) is 5.82. The van der Waals surface area contributed by atoms with E-state index in [0.29, 0.717) is 50.4 Å². The van der Waals surface area contributed by atoms with Crippen LogP contribution in [0.15, 0.2) is 23.3 Å². The number of thioether (sulfide) groups is 1. The fourth-order valence-corrected chi connectivity index (χ4v) is 4.63. The van der Waals surface area contributed by atoms with Crippen molar-refractivity contribution < 1.29 is 32.2 Å². The number of halogens is 3. The van der Waals surface area contributed by atoms with Gasteiger partial charge in [0.2, 0.25) is 0 Å². The third-order valence-corrected chi connectivity index (χ3v) is 6.35. The van der Waals surface area contributed by atoms with Crippen LogP contribution in [0.25, 0.3) is 0 Å². The molecule has 1 saturated heterocycles. The summed E-state index contributed by atoms with van der Waals surface area (Å²) in [5.41, 5.74) is 1.20. The Labute approximate surface area is 183 Å². The van der Waals surface area contributed by atoms with Crippen LogP contribution in [-0.2, 0) is 4.74 Å². The Balaban J connectivity index is 1.96. The smallest absolute Gasteiger partial charge is 0.493 e. The Bertz CT molecular complexity index is 815. The van der Waals surface area contributed by atoms with Crippen LogP contribution in [0.3, 0.4) is 0 Å². The SMILES string of the molecule is CCC1SC(=O)N(C(CC)N2CCOCC2)N=C1c1ccc(OC(F)(F)F)c(OC)c1. The van der Waals surface area contributed by atoms with Crippen LogP contribution >= 0.6 is 11.8 Å². The molecule has 2 aliphatic rings. The summed E-state index contributed by atoms with van der Waals surface area (Å²) < 4.78 is 52.6. The first-order valence-electron chi connectivity index (χ1n) is 10.1. The number of amides is 1. The summed E-state index contributed by atoms with van der Waals surface area (Å²) in [5.74, 6) is -0.482. The molecular formula is C20H26F3N3O4S. The molecule has 0 aromatic heterocycles. The van der Waals surface area contributed by atoms with Crippen LogP contribution in [0.2, 0.25) is 0 Å². The van der Waals surface area contributed by atoms with Gasteiger partial charge in [-0.2, -0.15) is 5.10 Å². The van der Waals surface area contributed by atoms with Crippen LogP contribution in [0.4, 0.5) is 18.0 Å². The molecule has 2 aliphatic heterocycles. The predicted molar refractivity (Wildman–Crippen MR) is 112 cm³/mol. The number of morpholine rings is 1. The van der Waals surface area contributed by atoms with E-state index in [-0.39, 0.29) is 22.4 Å². The van der Waals surface area contributed by atoms with Gasteiger partial charge in [-0.05, 0) is 31.0 Å². The van der Waals surface area contributed by atoms with Crippen LogP contribution in [0, 0.1) is 0 Å². The molecule has 2 atom stereocenters. The molecule has 1 aromatic carbocycles. The van der Waals surface area contributed by atoms with Gasteiger partial charge in [0, 0.05) is 18.7 Å². The van der Waals surface area contributed by atoms with Gasteiger partial charge in [0.25, 0.3) is 0 Å². The third kappa shape index (κ3) is 5.64. The average molecular weight is 462 g/mol. The zero-order valence-electron chi connectivity index (χ0n) is 17.6. The van der Waals surface area contributed by atoms with Crippen molar-refractivity contribution in [3.63, 3.8) is 0 Å². The second kappa shape index (κ2) is 10.1. The van der Waals surface area contributed by atoms with Crippen LogP contribution in [0.1, 0.15) is 32.3 Å². The van der Waals surface area contributed by atoms with Gasteiger partial charge >= 0.3 is 11.6 Å². The van der Waals surface area contributed by atoms with Crippen molar-refractivity contribution in [1.29, 1.82) is 0 Å². The molecule has 2 heterocycles. The van der Waals surface area contributed by atoms with Crippen molar-refractivity contribution >= 4 is 22.7 Å². The number of methoxy groups -OCH3 is 1. The lowest BCUT2D eigenvalue weighted by Crippen LogP contribution is -2.53. The number of nitrogens with zero attached hydrogens (tertiary/aromatic N) is 3. The summed E-state index contributed by atoms with van der Waals surface area (Å²) in [6.45, 7) is 6.52. The molecule has 31 heavy (non-hydrogen) atoms. The van der Waals surface area contributed by atoms with Gasteiger partial charge in [-0.1, -0.05) is 25.6 Å². The Morgan fingerprint density at radius 2 is 1.97 bits per heavy atom. The minimum Gasteiger partial charge on any atom is -0.493 e. The maximum atomic E-state index is 12.9. The Kier molecular flexibility index (Phi) is 7.71. The topological polar surface area (TPSA) is 63.6 Å². The number of carbonyl (C=O) groups excluding carboxylic acids is 1. The van der Waals surface area contributed by atoms with Gasteiger partial charge in [-0.3, -0.25) is 9.69 Å². The molecule has 0 radical (unpaired) electrons. The van der Waals surface area contributed by atoms with Crippen molar-refractivity contribution in [3.05, 3.63) is 23.8 Å². The van der Waals surface area contributed by atoms with Gasteiger partial charge in [0.15, 0.2) is 11.5 Å². The number of hydrogen-bond donors (Lipinski definition) is 0. The van der Waals surface area contributed by atoms with Crippen LogP contribution in [0.5, 0.6) is 11.5 Å². The molecule has 3 rings (SSSR count). The second-order valence-electron chi connectivity index (χ2n) is 7.06. The first kappa shape index (κ1) is 23.7. The first-order chi connectivity index (χ1) is 14.8. The van der Waals surface area contributed by atoms with Crippen molar-refractivity contribution in [2.45, 2.75) is 44.5 Å². The van der Waals surface area contributed by atoms with E-state index in [0.717, 1.165) is 0 Å². The van der Waals surface area contributed by atoms with Crippen molar-refractivity contribution in [3.8, 4) is 11.5 Å². The normalized spacial score (nSPS) is 21.6. The fraction of sp³-hybridized carbons (Fsp3) is 0.600. The number of alkyl halides is 3. The predicted octanol–water partition coefficient (Wildman–Crippen LogP) is 4.31. The molecule has 11 heteroatoms. The Hall–Kier alpha value is -1.98. The summed E-state index contributed by atoms with van der Waals surface area (Å²) in [6.07, 6.45) is -3.72. The minimum atomic E-state index is -4.82. The summed E-state index contributed by atoms with van der Waals surface area (Å²) in [4.78, 5) is 15.0. The lowest BCUT2D eigenvalue weighted by Gasteiger charge is -2.40. The Morgan fingerprint density at radius 3 is 2.55 bits per heavy atom. The molecule has 0 N–H and O–H groups in total. The van der Waals surface area contributed by atoms with Gasteiger partial charge in [-0.25, -0.2) is 5.01 Å². The number of benzene rings is 1. The highest BCUT2D eigenvalue weighted by atomic mass is 32.2. The molecule has 0 saturated carbocycles. The van der Waals surface area contributed by atoms with E-state index in [4.69, 9.17) is 9.47 Å². The van der Waals surface area contributed by atoms with Gasteiger partial charge < -0.3 is 14.2 Å². The minimum absolute atomic E-state index is 0.0546. The number of rotatable bonds is 7. The third-order valence-electron chi connectivity index (χ3n) is 5.12. The van der Waals surface area contributed by atoms with Crippen molar-refractivity contribution in [2.75, 3.05) is 33.4 Å². The molecule has 172 valence electrons. The van der Waals surface area contributed by atoms with E-state index in [1.165, 1.54) is 42.1 Å². The zero-order valence-corrected chi connectivity index (χ0v) is 18.5. The molecule has 0 bridgehead atoms. The lowest BCUT2D eigenvalue weighted by molar-refractivity contribution is -0.275. The van der Waals surface area contributed by atoms with Crippen molar-refractivity contribution in [2.24, 2.45) is 5.10 Å². The number of ether oxygens (including phenoxy) is 3.